The topological polar surface area (TPSA) is 0 Å². The van der Waals surface area contributed by atoms with Gasteiger partial charge in [-0.1, -0.05) is 0 Å². The van der Waals surface area contributed by atoms with Crippen molar-refractivity contribution in [3.8, 4) is 0 Å². The van der Waals surface area contributed by atoms with Gasteiger partial charge in [-0.3, -0.25) is 0 Å². The van der Waals surface area contributed by atoms with Crippen LogP contribution < -0.4 is 24.8 Å². The van der Waals surface area contributed by atoms with Gasteiger partial charge in [0, 0.05) is 0 Å². The van der Waals surface area contributed by atoms with Crippen LogP contribution in [0, 0.1) is 5.92 Å². The SMILES string of the molecule is CCC1=[C]([Zr+2][C]2=CC=CC2)C(C2CCCC2)=CC1.[Cl-].[Cl-]. The molecule has 0 aliphatic heterocycles. The number of hydrogen-bond donors (Lipinski definition) is 0. The smallest absolute Gasteiger partial charge is 1.00 e. The van der Waals surface area contributed by atoms with Gasteiger partial charge in [-0.25, -0.2) is 0 Å². The molecule has 3 rings (SSSR count). The van der Waals surface area contributed by atoms with Gasteiger partial charge < -0.3 is 24.8 Å². The van der Waals surface area contributed by atoms with Crippen molar-refractivity contribution < 1.29 is 48.0 Å². The summed E-state index contributed by atoms with van der Waals surface area (Å²) in [5.74, 6) is 0.930. The van der Waals surface area contributed by atoms with Gasteiger partial charge in [-0.05, 0) is 0 Å². The Morgan fingerprint density at radius 1 is 1.15 bits per heavy atom. The molecule has 3 aliphatic rings. The fraction of sp³-hybridized carbons (Fsp3) is 0.529. The summed E-state index contributed by atoms with van der Waals surface area (Å²) >= 11 is -0.476. The van der Waals surface area contributed by atoms with Gasteiger partial charge >= 0.3 is 123 Å². The molecule has 0 heterocycles. The van der Waals surface area contributed by atoms with E-state index in [0.29, 0.717) is 0 Å². The third kappa shape index (κ3) is 3.99. The molecular weight excluding hydrogens is 366 g/mol. The predicted molar refractivity (Wildman–Crippen MR) is 73.8 cm³/mol. The van der Waals surface area contributed by atoms with Crippen LogP contribution in [0.25, 0.3) is 0 Å². The van der Waals surface area contributed by atoms with Crippen LogP contribution in [-0.2, 0) is 23.2 Å². The van der Waals surface area contributed by atoms with Gasteiger partial charge in [0.15, 0.2) is 0 Å². The molecule has 0 atom stereocenters. The predicted octanol–water partition coefficient (Wildman–Crippen LogP) is -0.895. The zero-order valence-corrected chi connectivity index (χ0v) is 16.1. The summed E-state index contributed by atoms with van der Waals surface area (Å²) in [6, 6.07) is 0. The minimum atomic E-state index is -0.476. The maximum atomic E-state index is 2.59. The summed E-state index contributed by atoms with van der Waals surface area (Å²) in [6.45, 7) is 2.35. The van der Waals surface area contributed by atoms with E-state index >= 15 is 0 Å². The average molecular weight is 388 g/mol. The number of rotatable bonds is 4. The van der Waals surface area contributed by atoms with Gasteiger partial charge in [0.25, 0.3) is 0 Å². The fourth-order valence-corrected chi connectivity index (χ4v) is 7.43. The van der Waals surface area contributed by atoms with Crippen molar-refractivity contribution in [1.29, 1.82) is 0 Å². The Labute approximate surface area is 147 Å². The molecule has 0 nitrogen and oxygen atoms in total. The van der Waals surface area contributed by atoms with Crippen LogP contribution in [-0.4, -0.2) is 0 Å². The van der Waals surface area contributed by atoms with Crippen molar-refractivity contribution in [2.45, 2.75) is 51.9 Å². The van der Waals surface area contributed by atoms with Gasteiger partial charge in [0.1, 0.15) is 0 Å². The van der Waals surface area contributed by atoms with Gasteiger partial charge in [0.2, 0.25) is 0 Å². The summed E-state index contributed by atoms with van der Waals surface area (Å²) in [4.78, 5) is 0. The molecule has 1 fully saturated rings. The quantitative estimate of drug-likeness (QED) is 0.586. The average Bonchev–Trinajstić information content (AvgIpc) is 3.10. The van der Waals surface area contributed by atoms with E-state index in [0.717, 1.165) is 5.92 Å². The second kappa shape index (κ2) is 8.77. The first-order valence-electron chi connectivity index (χ1n) is 7.43. The second-order valence-corrected chi connectivity index (χ2v) is 9.05. The summed E-state index contributed by atoms with van der Waals surface area (Å²) in [5, 5.41) is 0. The third-order valence-electron chi connectivity index (χ3n) is 4.49. The standard InChI is InChI=1S/C12H17.C5H5.2ClH.Zr/c1-2-10-7-8-12(9-10)11-5-3-4-6-11;1-2-4-5-3-1;;;/h8,11H,2-7H2,1H3;1-3H,4H2;2*1H;/q;;;;+2/p-2. The number of allylic oxidation sites excluding steroid dienone is 8. The summed E-state index contributed by atoms with van der Waals surface area (Å²) < 4.78 is 3.67. The van der Waals surface area contributed by atoms with E-state index in [2.05, 4.69) is 31.2 Å². The van der Waals surface area contributed by atoms with E-state index in [-0.39, 0.29) is 24.8 Å². The van der Waals surface area contributed by atoms with Gasteiger partial charge in [-0.15, -0.1) is 0 Å². The Balaban J connectivity index is 0.000001000. The molecule has 0 aromatic carbocycles. The first kappa shape index (κ1) is 18.5. The van der Waals surface area contributed by atoms with Crippen molar-refractivity contribution >= 4 is 0 Å². The van der Waals surface area contributed by atoms with Crippen LogP contribution in [0.1, 0.15) is 51.9 Å². The Bertz CT molecular complexity index is 452. The molecule has 20 heavy (non-hydrogen) atoms. The molecule has 0 radical (unpaired) electrons. The second-order valence-electron chi connectivity index (χ2n) is 5.63. The van der Waals surface area contributed by atoms with E-state index in [9.17, 15) is 0 Å². The molecule has 0 spiro atoms. The summed E-state index contributed by atoms with van der Waals surface area (Å²) in [5.41, 5.74) is 3.60. The van der Waals surface area contributed by atoms with E-state index in [1.807, 2.05) is 8.85 Å². The zero-order chi connectivity index (χ0) is 12.4. The van der Waals surface area contributed by atoms with E-state index in [4.69, 9.17) is 0 Å². The van der Waals surface area contributed by atoms with Crippen molar-refractivity contribution in [2.24, 2.45) is 5.92 Å². The van der Waals surface area contributed by atoms with Crippen LogP contribution >= 0.6 is 0 Å². The maximum Gasteiger partial charge on any atom is -1.00 e. The van der Waals surface area contributed by atoms with E-state index in [1.54, 1.807) is 8.85 Å². The molecule has 0 N–H and O–H groups in total. The van der Waals surface area contributed by atoms with Crippen LogP contribution in [0.5, 0.6) is 0 Å². The largest absolute Gasteiger partial charge is 1.00 e. The Morgan fingerprint density at radius 3 is 2.50 bits per heavy atom. The molecule has 0 bridgehead atoms. The molecule has 0 unspecified atom stereocenters. The minimum absolute atomic E-state index is 0. The first-order chi connectivity index (χ1) is 8.88. The molecule has 108 valence electrons. The molecular formula is C17H22Cl2Zr. The fourth-order valence-electron chi connectivity index (χ4n) is 3.43. The number of hydrogen-bond acceptors (Lipinski definition) is 0. The minimum Gasteiger partial charge on any atom is -1.00 e. The van der Waals surface area contributed by atoms with Gasteiger partial charge in [-0.2, -0.15) is 0 Å². The molecule has 3 aliphatic carbocycles. The molecule has 3 heteroatoms. The van der Waals surface area contributed by atoms with E-state index < -0.39 is 23.2 Å². The number of halogens is 2. The Kier molecular flexibility index (Phi) is 8.10. The van der Waals surface area contributed by atoms with Crippen molar-refractivity contribution in [3.05, 3.63) is 42.0 Å². The normalized spacial score (nSPS) is 21.2. The maximum absolute atomic E-state index is 2.59. The van der Waals surface area contributed by atoms with Crippen molar-refractivity contribution in [2.75, 3.05) is 0 Å². The molecule has 0 saturated heterocycles. The Hall–Kier alpha value is 0.423. The Morgan fingerprint density at radius 2 is 1.90 bits per heavy atom. The monoisotopic (exact) mass is 386 g/mol. The van der Waals surface area contributed by atoms with Crippen LogP contribution in [0.2, 0.25) is 0 Å². The van der Waals surface area contributed by atoms with Crippen LogP contribution in [0.15, 0.2) is 42.0 Å². The zero-order valence-electron chi connectivity index (χ0n) is 12.1. The molecule has 1 saturated carbocycles. The third-order valence-corrected chi connectivity index (χ3v) is 8.38. The van der Waals surface area contributed by atoms with Crippen molar-refractivity contribution in [1.82, 2.24) is 0 Å². The molecule has 0 aromatic rings. The van der Waals surface area contributed by atoms with E-state index in [1.165, 1.54) is 44.9 Å². The first-order valence-corrected chi connectivity index (χ1v) is 9.89. The van der Waals surface area contributed by atoms with Gasteiger partial charge in [0.05, 0.1) is 0 Å². The summed E-state index contributed by atoms with van der Waals surface area (Å²) in [6.07, 6.45) is 19.2. The summed E-state index contributed by atoms with van der Waals surface area (Å²) in [7, 11) is 0. The van der Waals surface area contributed by atoms with Crippen molar-refractivity contribution in [3.63, 3.8) is 0 Å². The molecule has 0 amide bonds. The van der Waals surface area contributed by atoms with Crippen LogP contribution in [0.3, 0.4) is 0 Å². The molecule has 0 aromatic heterocycles. The van der Waals surface area contributed by atoms with Crippen LogP contribution in [0.4, 0.5) is 0 Å².